The Morgan fingerprint density at radius 2 is 1.90 bits per heavy atom. The zero-order valence-corrected chi connectivity index (χ0v) is 17.8. The van der Waals surface area contributed by atoms with Gasteiger partial charge in [0.25, 0.3) is 0 Å². The Balaban J connectivity index is 1.45. The van der Waals surface area contributed by atoms with E-state index >= 15 is 0 Å². The van der Waals surface area contributed by atoms with Gasteiger partial charge in [-0.15, -0.1) is 10.2 Å². The van der Waals surface area contributed by atoms with Crippen molar-refractivity contribution in [1.29, 1.82) is 0 Å². The fraction of sp³-hybridized carbons (Fsp3) is 0.136. The molecule has 0 aliphatic heterocycles. The second-order valence-electron chi connectivity index (χ2n) is 6.97. The molecular weight excluding hydrogens is 418 g/mol. The third kappa shape index (κ3) is 3.86. The second-order valence-corrected chi connectivity index (χ2v) is 8.35. The van der Waals surface area contributed by atoms with Crippen molar-refractivity contribution in [3.05, 3.63) is 89.2 Å². The summed E-state index contributed by atoms with van der Waals surface area (Å²) in [6.07, 6.45) is 5.81. The summed E-state index contributed by atoms with van der Waals surface area (Å²) < 4.78 is 9.68. The smallest absolute Gasteiger partial charge is 0.192 e. The van der Waals surface area contributed by atoms with Gasteiger partial charge in [-0.05, 0) is 55.0 Å². The standard InChI is InChI=1S/C22H18ClN5OS/c1-15-4-9-20-24-18(12-27(20)11-15)14-30-22-26-25-21(16-5-7-17(23)8-6-16)28(22)13-19-3-2-10-29-19/h2-12H,13-14H2,1H3. The molecule has 4 aromatic heterocycles. The normalized spacial score (nSPS) is 11.4. The Bertz CT molecular complexity index is 1290. The summed E-state index contributed by atoms with van der Waals surface area (Å²) in [5.41, 5.74) is 4.08. The predicted molar refractivity (Wildman–Crippen MR) is 118 cm³/mol. The highest BCUT2D eigenvalue weighted by molar-refractivity contribution is 7.98. The number of furan rings is 1. The molecule has 4 heterocycles. The van der Waals surface area contributed by atoms with Gasteiger partial charge in [0.05, 0.1) is 18.5 Å². The quantitative estimate of drug-likeness (QED) is 0.330. The van der Waals surface area contributed by atoms with Crippen molar-refractivity contribution in [2.45, 2.75) is 24.4 Å². The number of pyridine rings is 1. The highest BCUT2D eigenvalue weighted by atomic mass is 35.5. The lowest BCUT2D eigenvalue weighted by atomic mass is 10.2. The number of benzene rings is 1. The molecule has 1 aromatic carbocycles. The zero-order valence-electron chi connectivity index (χ0n) is 16.2. The first-order chi connectivity index (χ1) is 14.7. The summed E-state index contributed by atoms with van der Waals surface area (Å²) in [6, 6.07) is 15.5. The average Bonchev–Trinajstić information content (AvgIpc) is 3.47. The van der Waals surface area contributed by atoms with Crippen LogP contribution in [0.15, 0.2) is 76.8 Å². The van der Waals surface area contributed by atoms with Gasteiger partial charge in [-0.3, -0.25) is 4.57 Å². The maximum absolute atomic E-state index is 6.05. The summed E-state index contributed by atoms with van der Waals surface area (Å²) in [7, 11) is 0. The lowest BCUT2D eigenvalue weighted by molar-refractivity contribution is 0.485. The van der Waals surface area contributed by atoms with E-state index in [0.29, 0.717) is 17.3 Å². The summed E-state index contributed by atoms with van der Waals surface area (Å²) >= 11 is 7.66. The minimum atomic E-state index is 0.546. The van der Waals surface area contributed by atoms with Gasteiger partial charge in [-0.25, -0.2) is 4.98 Å². The van der Waals surface area contributed by atoms with Crippen LogP contribution in [0.5, 0.6) is 0 Å². The first-order valence-corrected chi connectivity index (χ1v) is 10.8. The lowest BCUT2D eigenvalue weighted by Gasteiger charge is -2.08. The van der Waals surface area contributed by atoms with Crippen LogP contribution in [0.1, 0.15) is 17.0 Å². The molecule has 0 saturated heterocycles. The first kappa shape index (κ1) is 19.0. The molecule has 30 heavy (non-hydrogen) atoms. The van der Waals surface area contributed by atoms with Crippen LogP contribution in [0, 0.1) is 6.92 Å². The molecule has 0 unspecified atom stereocenters. The topological polar surface area (TPSA) is 61.2 Å². The van der Waals surface area contributed by atoms with Gasteiger partial charge in [-0.2, -0.15) is 0 Å². The van der Waals surface area contributed by atoms with Crippen molar-refractivity contribution in [3.8, 4) is 11.4 Å². The van der Waals surface area contributed by atoms with Gasteiger partial charge in [0.2, 0.25) is 0 Å². The third-order valence-corrected chi connectivity index (χ3v) is 5.96. The van der Waals surface area contributed by atoms with Gasteiger partial charge < -0.3 is 8.82 Å². The van der Waals surface area contributed by atoms with Gasteiger partial charge in [0.15, 0.2) is 11.0 Å². The SMILES string of the molecule is Cc1ccc2nc(CSc3nnc(-c4ccc(Cl)cc4)n3Cc3ccco3)cn2c1. The van der Waals surface area contributed by atoms with Gasteiger partial charge in [0, 0.05) is 28.7 Å². The molecule has 0 aliphatic rings. The third-order valence-electron chi connectivity index (χ3n) is 4.71. The molecule has 5 aromatic rings. The van der Waals surface area contributed by atoms with E-state index in [0.717, 1.165) is 33.6 Å². The number of aryl methyl sites for hydroxylation is 1. The lowest BCUT2D eigenvalue weighted by Crippen LogP contribution is -2.03. The van der Waals surface area contributed by atoms with Crippen molar-refractivity contribution in [2.24, 2.45) is 0 Å². The number of hydrogen-bond acceptors (Lipinski definition) is 5. The number of imidazole rings is 1. The molecule has 0 saturated carbocycles. The van der Waals surface area contributed by atoms with E-state index in [2.05, 4.69) is 44.5 Å². The van der Waals surface area contributed by atoms with Gasteiger partial charge in [-0.1, -0.05) is 29.4 Å². The highest BCUT2D eigenvalue weighted by Gasteiger charge is 2.16. The van der Waals surface area contributed by atoms with Crippen LogP contribution in [0.25, 0.3) is 17.0 Å². The molecule has 0 bridgehead atoms. The Kier molecular flexibility index (Phi) is 5.06. The van der Waals surface area contributed by atoms with Crippen molar-refractivity contribution >= 4 is 29.0 Å². The molecule has 0 fully saturated rings. The Hall–Kier alpha value is -3.03. The summed E-state index contributed by atoms with van der Waals surface area (Å²) in [6.45, 7) is 2.62. The molecule has 8 heteroatoms. The van der Waals surface area contributed by atoms with Crippen LogP contribution in [-0.2, 0) is 12.3 Å². The van der Waals surface area contributed by atoms with E-state index < -0.39 is 0 Å². The maximum Gasteiger partial charge on any atom is 0.192 e. The molecule has 0 aliphatic carbocycles. The van der Waals surface area contributed by atoms with E-state index in [-0.39, 0.29) is 0 Å². The molecule has 0 N–H and O–H groups in total. The Morgan fingerprint density at radius 3 is 2.70 bits per heavy atom. The van der Waals surface area contributed by atoms with Crippen molar-refractivity contribution in [1.82, 2.24) is 24.1 Å². The molecule has 5 rings (SSSR count). The van der Waals surface area contributed by atoms with Crippen molar-refractivity contribution in [2.75, 3.05) is 0 Å². The minimum Gasteiger partial charge on any atom is -0.467 e. The molecule has 0 amide bonds. The number of aromatic nitrogens is 5. The van der Waals surface area contributed by atoms with Crippen LogP contribution in [0.4, 0.5) is 0 Å². The van der Waals surface area contributed by atoms with Crippen molar-refractivity contribution < 1.29 is 4.42 Å². The second kappa shape index (κ2) is 8.01. The number of fused-ring (bicyclic) bond motifs is 1. The van der Waals surface area contributed by atoms with E-state index in [1.165, 1.54) is 5.56 Å². The van der Waals surface area contributed by atoms with Gasteiger partial charge >= 0.3 is 0 Å². The molecule has 6 nitrogen and oxygen atoms in total. The largest absolute Gasteiger partial charge is 0.467 e. The fourth-order valence-electron chi connectivity index (χ4n) is 3.27. The number of rotatable bonds is 6. The average molecular weight is 436 g/mol. The van der Waals surface area contributed by atoms with Gasteiger partial charge in [0.1, 0.15) is 11.4 Å². The van der Waals surface area contributed by atoms with E-state index in [1.807, 2.05) is 42.5 Å². The van der Waals surface area contributed by atoms with Crippen molar-refractivity contribution in [3.63, 3.8) is 0 Å². The summed E-state index contributed by atoms with van der Waals surface area (Å²) in [5, 5.41) is 10.4. The molecule has 150 valence electrons. The van der Waals surface area contributed by atoms with Crippen LogP contribution >= 0.6 is 23.4 Å². The Morgan fingerprint density at radius 1 is 1.03 bits per heavy atom. The fourth-order valence-corrected chi connectivity index (χ4v) is 4.22. The number of hydrogen-bond donors (Lipinski definition) is 0. The number of thioether (sulfide) groups is 1. The summed E-state index contributed by atoms with van der Waals surface area (Å²) in [5.74, 6) is 2.31. The number of nitrogens with zero attached hydrogens (tertiary/aromatic N) is 5. The molecule has 0 atom stereocenters. The molecular formula is C22H18ClN5OS. The summed E-state index contributed by atoms with van der Waals surface area (Å²) in [4.78, 5) is 4.70. The Labute approximate surface area is 182 Å². The number of halogens is 1. The molecule has 0 radical (unpaired) electrons. The van der Waals surface area contributed by atoms with E-state index in [1.54, 1.807) is 18.0 Å². The minimum absolute atomic E-state index is 0.546. The van der Waals surface area contributed by atoms with Crippen LogP contribution < -0.4 is 0 Å². The molecule has 0 spiro atoms. The van der Waals surface area contributed by atoms with Crippen LogP contribution in [-0.4, -0.2) is 24.1 Å². The van der Waals surface area contributed by atoms with Crippen LogP contribution in [0.3, 0.4) is 0 Å². The zero-order chi connectivity index (χ0) is 20.5. The van der Waals surface area contributed by atoms with Crippen LogP contribution in [0.2, 0.25) is 5.02 Å². The highest BCUT2D eigenvalue weighted by Crippen LogP contribution is 2.28. The van der Waals surface area contributed by atoms with E-state index in [9.17, 15) is 0 Å². The maximum atomic E-state index is 6.05. The predicted octanol–water partition coefficient (Wildman–Crippen LogP) is 5.49. The monoisotopic (exact) mass is 435 g/mol. The first-order valence-electron chi connectivity index (χ1n) is 9.44. The van der Waals surface area contributed by atoms with E-state index in [4.69, 9.17) is 21.0 Å².